The van der Waals surface area contributed by atoms with E-state index in [2.05, 4.69) is 10.6 Å². The highest BCUT2D eigenvalue weighted by atomic mass is 32.2. The van der Waals surface area contributed by atoms with E-state index >= 15 is 4.39 Å². The Bertz CT molecular complexity index is 1890. The molecule has 0 spiro atoms. The smallest absolute Gasteiger partial charge is 0.327 e. The molecular formula is C42H51F2N5O6S. The van der Waals surface area contributed by atoms with Gasteiger partial charge in [-0.3, -0.25) is 24.1 Å². The molecule has 2 unspecified atom stereocenters. The number of carbonyl (C=O) groups excluding carboxylic acids is 4. The fraction of sp³-hybridized carbons (Fsp3) is 0.452. The molecule has 2 aliphatic rings. The zero-order valence-corrected chi connectivity index (χ0v) is 33.0. The lowest BCUT2D eigenvalue weighted by Gasteiger charge is -2.42. The van der Waals surface area contributed by atoms with Gasteiger partial charge in [-0.2, -0.15) is 0 Å². The molecule has 2 aliphatic heterocycles. The molecule has 1 saturated heterocycles. The Labute approximate surface area is 330 Å². The van der Waals surface area contributed by atoms with Crippen LogP contribution in [0.4, 0.5) is 8.78 Å². The lowest BCUT2D eigenvalue weighted by molar-refractivity contribution is -0.141. The Hall–Kier alpha value is -4.82. The van der Waals surface area contributed by atoms with E-state index in [0.29, 0.717) is 37.9 Å². The molecule has 1 aromatic heterocycles. The van der Waals surface area contributed by atoms with Gasteiger partial charge in [-0.1, -0.05) is 57.5 Å². The molecule has 4 amide bonds. The number of halogens is 2. The Morgan fingerprint density at radius 3 is 2.41 bits per heavy atom. The van der Waals surface area contributed by atoms with Crippen LogP contribution in [0.2, 0.25) is 0 Å². The first-order valence-corrected chi connectivity index (χ1v) is 20.2. The minimum Gasteiger partial charge on any atom is -0.480 e. The minimum absolute atomic E-state index is 0.0363. The standard InChI is InChI=1S/C42H51F2N5O6S/c1-42(2,3)40(35-20-30(32-21-31(43)13-14-33(32)44)25-47(35)23-28-10-6-4-7-11-28)49(24-29-17-18-45-22-29)39(53)27-56-26-34(41(54)55)46-36(50)12-8-5-9-19-48-37(51)15-16-38(48)52/h4,6-7,10-11,13-16,20-21,25,29,34,40,45H,5,8-9,12,17-19,22-24,26-27H2,1-3H3,(H,46,50)(H,54,55)/t29?,34-,40?/m0/s1. The lowest BCUT2D eigenvalue weighted by atomic mass is 9.82. The fourth-order valence-electron chi connectivity index (χ4n) is 7.28. The van der Waals surface area contributed by atoms with E-state index in [1.807, 2.05) is 66.6 Å². The molecule has 0 radical (unpaired) electrons. The van der Waals surface area contributed by atoms with E-state index in [1.54, 1.807) is 6.20 Å². The Morgan fingerprint density at radius 2 is 1.75 bits per heavy atom. The average molecular weight is 792 g/mol. The Kier molecular flexibility index (Phi) is 14.6. The number of benzene rings is 2. The molecule has 56 heavy (non-hydrogen) atoms. The monoisotopic (exact) mass is 791 g/mol. The molecule has 5 rings (SSSR count). The van der Waals surface area contributed by atoms with Crippen molar-refractivity contribution in [1.82, 2.24) is 25.0 Å². The van der Waals surface area contributed by atoms with Gasteiger partial charge in [0.1, 0.15) is 17.7 Å². The predicted molar refractivity (Wildman–Crippen MR) is 211 cm³/mol. The summed E-state index contributed by atoms with van der Waals surface area (Å²) in [6, 6.07) is 13.2. The average Bonchev–Trinajstić information content (AvgIpc) is 3.89. The van der Waals surface area contributed by atoms with Crippen molar-refractivity contribution in [1.29, 1.82) is 0 Å². The molecule has 3 heterocycles. The van der Waals surface area contributed by atoms with Gasteiger partial charge in [0, 0.05) is 67.0 Å². The number of nitrogens with zero attached hydrogens (tertiary/aromatic N) is 3. The summed E-state index contributed by atoms with van der Waals surface area (Å²) in [5.74, 6) is -3.59. The number of thioether (sulfide) groups is 1. The molecule has 14 heteroatoms. The number of nitrogens with one attached hydrogen (secondary N) is 2. The minimum atomic E-state index is -1.22. The van der Waals surface area contributed by atoms with E-state index in [1.165, 1.54) is 18.2 Å². The summed E-state index contributed by atoms with van der Waals surface area (Å²) >= 11 is 1.13. The summed E-state index contributed by atoms with van der Waals surface area (Å²) < 4.78 is 31.6. The van der Waals surface area contributed by atoms with Crippen LogP contribution in [0.5, 0.6) is 0 Å². The molecule has 1 fully saturated rings. The number of hydrogen-bond acceptors (Lipinski definition) is 7. The molecule has 2 aromatic carbocycles. The van der Waals surface area contributed by atoms with Crippen molar-refractivity contribution < 1.29 is 37.9 Å². The zero-order valence-electron chi connectivity index (χ0n) is 32.1. The van der Waals surface area contributed by atoms with Gasteiger partial charge in [-0.15, -0.1) is 11.8 Å². The summed E-state index contributed by atoms with van der Waals surface area (Å²) in [6.07, 6.45) is 6.75. The number of carboxylic acid groups (broad SMARTS) is 1. The summed E-state index contributed by atoms with van der Waals surface area (Å²) in [5.41, 5.74) is 1.83. The summed E-state index contributed by atoms with van der Waals surface area (Å²) in [4.78, 5) is 65.8. The zero-order chi connectivity index (χ0) is 40.4. The topological polar surface area (TPSA) is 141 Å². The van der Waals surface area contributed by atoms with Crippen LogP contribution < -0.4 is 10.6 Å². The van der Waals surface area contributed by atoms with Crippen LogP contribution in [0.15, 0.2) is 72.9 Å². The van der Waals surface area contributed by atoms with Crippen LogP contribution in [-0.4, -0.2) is 92.8 Å². The number of imide groups is 1. The third-order valence-corrected chi connectivity index (χ3v) is 11.1. The van der Waals surface area contributed by atoms with Gasteiger partial charge in [0.05, 0.1) is 11.8 Å². The highest BCUT2D eigenvalue weighted by Crippen LogP contribution is 2.42. The van der Waals surface area contributed by atoms with Gasteiger partial charge in [0.15, 0.2) is 0 Å². The highest BCUT2D eigenvalue weighted by Gasteiger charge is 2.39. The van der Waals surface area contributed by atoms with E-state index in [0.717, 1.165) is 59.6 Å². The van der Waals surface area contributed by atoms with Crippen molar-refractivity contribution in [2.24, 2.45) is 11.3 Å². The predicted octanol–water partition coefficient (Wildman–Crippen LogP) is 5.79. The molecule has 11 nitrogen and oxygen atoms in total. The quantitative estimate of drug-likeness (QED) is 0.102. The van der Waals surface area contributed by atoms with Gasteiger partial charge in [0.2, 0.25) is 11.8 Å². The lowest BCUT2D eigenvalue weighted by Crippen LogP contribution is -2.46. The molecule has 0 aliphatic carbocycles. The largest absolute Gasteiger partial charge is 0.480 e. The normalized spacial score (nSPS) is 16.7. The van der Waals surface area contributed by atoms with Crippen molar-refractivity contribution in [2.75, 3.05) is 37.7 Å². The molecule has 0 bridgehead atoms. The third-order valence-electron chi connectivity index (χ3n) is 10.0. The second-order valence-corrected chi connectivity index (χ2v) is 16.5. The number of rotatable bonds is 19. The van der Waals surface area contributed by atoms with Crippen molar-refractivity contribution in [3.8, 4) is 11.1 Å². The van der Waals surface area contributed by atoms with Crippen molar-refractivity contribution in [3.05, 3.63) is 95.8 Å². The molecule has 3 N–H and O–H groups in total. The molecule has 3 atom stereocenters. The van der Waals surface area contributed by atoms with Gasteiger partial charge in [-0.25, -0.2) is 13.6 Å². The van der Waals surface area contributed by atoms with Crippen LogP contribution in [0.1, 0.15) is 70.2 Å². The van der Waals surface area contributed by atoms with Crippen molar-refractivity contribution in [2.45, 2.75) is 71.5 Å². The van der Waals surface area contributed by atoms with Crippen LogP contribution in [0, 0.1) is 23.0 Å². The first-order chi connectivity index (χ1) is 26.7. The van der Waals surface area contributed by atoms with E-state index in [-0.39, 0.29) is 53.7 Å². The molecule has 0 saturated carbocycles. The maximum Gasteiger partial charge on any atom is 0.327 e. The molecular weight excluding hydrogens is 741 g/mol. The van der Waals surface area contributed by atoms with Gasteiger partial charge in [0.25, 0.3) is 11.8 Å². The summed E-state index contributed by atoms with van der Waals surface area (Å²) in [7, 11) is 0. The second kappa shape index (κ2) is 19.4. The summed E-state index contributed by atoms with van der Waals surface area (Å²) in [6.45, 7) is 8.80. The van der Waals surface area contributed by atoms with Crippen molar-refractivity contribution >= 4 is 41.4 Å². The fourth-order valence-corrected chi connectivity index (χ4v) is 8.20. The van der Waals surface area contributed by atoms with Gasteiger partial charge >= 0.3 is 5.97 Å². The number of carboxylic acids is 1. The first kappa shape index (κ1) is 42.3. The second-order valence-electron chi connectivity index (χ2n) is 15.5. The van der Waals surface area contributed by atoms with Crippen LogP contribution in [-0.2, 0) is 30.5 Å². The summed E-state index contributed by atoms with van der Waals surface area (Å²) in [5, 5.41) is 15.9. The number of aromatic nitrogens is 1. The maximum absolute atomic E-state index is 15.2. The number of carbonyl (C=O) groups is 5. The molecule has 300 valence electrons. The van der Waals surface area contributed by atoms with E-state index < -0.39 is 41.0 Å². The van der Waals surface area contributed by atoms with Gasteiger partial charge < -0.3 is 25.2 Å². The number of unbranched alkanes of at least 4 members (excludes halogenated alkanes) is 2. The Balaban J connectivity index is 1.31. The van der Waals surface area contributed by atoms with Crippen LogP contribution in [0.3, 0.4) is 0 Å². The number of hydrogen-bond donors (Lipinski definition) is 3. The Morgan fingerprint density at radius 1 is 1.02 bits per heavy atom. The first-order valence-electron chi connectivity index (χ1n) is 19.0. The third kappa shape index (κ3) is 11.4. The van der Waals surface area contributed by atoms with E-state index in [4.69, 9.17) is 0 Å². The van der Waals surface area contributed by atoms with Crippen LogP contribution in [0.25, 0.3) is 11.1 Å². The number of aliphatic carboxylic acids is 1. The highest BCUT2D eigenvalue weighted by molar-refractivity contribution is 8.00. The van der Waals surface area contributed by atoms with E-state index in [9.17, 15) is 33.5 Å². The van der Waals surface area contributed by atoms with Gasteiger partial charge in [-0.05, 0) is 73.5 Å². The maximum atomic E-state index is 15.2. The molecule has 3 aromatic rings. The van der Waals surface area contributed by atoms with Crippen molar-refractivity contribution in [3.63, 3.8) is 0 Å². The number of amides is 4. The van der Waals surface area contributed by atoms with Crippen LogP contribution >= 0.6 is 11.8 Å². The SMILES string of the molecule is CC(C)(C)C(c1cc(-c2cc(F)ccc2F)cn1Cc1ccccc1)N(CC1CCNC1)C(=O)CSC[C@H](NC(=O)CCCCCN1C(=O)C=CC1=O)C(=O)O.